The predicted molar refractivity (Wildman–Crippen MR) is 94.3 cm³/mol. The summed E-state index contributed by atoms with van der Waals surface area (Å²) in [4.78, 5) is 40.8. The molecule has 1 rings (SSSR count). The third-order valence-electron chi connectivity index (χ3n) is 4.45. The van der Waals surface area contributed by atoms with E-state index in [0.717, 1.165) is 6.54 Å². The summed E-state index contributed by atoms with van der Waals surface area (Å²) >= 11 is 0. The number of likely N-dealkylation sites (N-methyl/N-ethyl adjacent to an activating group) is 1. The molecule has 0 spiro atoms. The fourth-order valence-corrected chi connectivity index (χ4v) is 2.94. The van der Waals surface area contributed by atoms with Crippen LogP contribution >= 0.6 is 0 Å². The van der Waals surface area contributed by atoms with E-state index < -0.39 is 17.9 Å². The Kier molecular flexibility index (Phi) is 10.1. The van der Waals surface area contributed by atoms with Gasteiger partial charge in [-0.1, -0.05) is 6.92 Å². The quantitative estimate of drug-likeness (QED) is 0.484. The molecule has 0 bridgehead atoms. The first-order chi connectivity index (χ1) is 12.3. The van der Waals surface area contributed by atoms with E-state index in [4.69, 9.17) is 15.3 Å². The molecule has 0 radical (unpaired) electrons. The van der Waals surface area contributed by atoms with Gasteiger partial charge in [0.05, 0.1) is 19.6 Å². The third kappa shape index (κ3) is 9.66. The molecule has 26 heavy (non-hydrogen) atoms. The van der Waals surface area contributed by atoms with Crippen LogP contribution in [0.15, 0.2) is 0 Å². The van der Waals surface area contributed by atoms with Crippen LogP contribution in [0.2, 0.25) is 0 Å². The second kappa shape index (κ2) is 11.8. The molecule has 0 atom stereocenters. The molecule has 1 heterocycles. The second-order valence-electron chi connectivity index (χ2n) is 6.44. The maximum absolute atomic E-state index is 11.1. The molecule has 3 N–H and O–H groups in total. The van der Waals surface area contributed by atoms with E-state index in [1.165, 1.54) is 0 Å². The molecule has 0 aliphatic carbocycles. The van der Waals surface area contributed by atoms with Crippen LogP contribution in [0.25, 0.3) is 0 Å². The van der Waals surface area contributed by atoms with Crippen molar-refractivity contribution >= 4 is 17.9 Å². The minimum atomic E-state index is -0.955. The van der Waals surface area contributed by atoms with E-state index in [1.54, 1.807) is 4.90 Å². The monoisotopic (exact) mass is 374 g/mol. The fraction of sp³-hybridized carbons (Fsp3) is 0.812. The second-order valence-corrected chi connectivity index (χ2v) is 6.44. The molecule has 0 aromatic heterocycles. The Labute approximate surface area is 153 Å². The van der Waals surface area contributed by atoms with Crippen molar-refractivity contribution in [2.75, 3.05) is 78.5 Å². The van der Waals surface area contributed by atoms with Gasteiger partial charge < -0.3 is 20.2 Å². The lowest BCUT2D eigenvalue weighted by Crippen LogP contribution is -2.48. The standard InChI is InChI=1S/C16H30N4O6/c1-2-17-3-5-18(11-14(21)22)7-9-20(13-16(25)26)10-8-19(6-4-17)12-15(23)24/h2-13H2,1H3,(H,21,22)(H,23,24)(H,25,26). The highest BCUT2D eigenvalue weighted by atomic mass is 16.4. The summed E-state index contributed by atoms with van der Waals surface area (Å²) in [6.45, 7) is 6.77. The molecule has 0 aromatic carbocycles. The summed E-state index contributed by atoms with van der Waals surface area (Å²) in [6.07, 6.45) is 0. The van der Waals surface area contributed by atoms with Crippen LogP contribution in [0.3, 0.4) is 0 Å². The minimum Gasteiger partial charge on any atom is -0.480 e. The molecule has 1 aliphatic heterocycles. The summed E-state index contributed by atoms with van der Waals surface area (Å²) in [5.74, 6) is -2.76. The van der Waals surface area contributed by atoms with Crippen LogP contribution in [0.5, 0.6) is 0 Å². The molecule has 0 amide bonds. The van der Waals surface area contributed by atoms with Gasteiger partial charge in [-0.25, -0.2) is 0 Å². The molecule has 1 aliphatic rings. The first kappa shape index (κ1) is 22.3. The first-order valence-corrected chi connectivity index (χ1v) is 8.85. The lowest BCUT2D eigenvalue weighted by molar-refractivity contribution is -0.140. The lowest BCUT2D eigenvalue weighted by Gasteiger charge is -2.32. The zero-order valence-electron chi connectivity index (χ0n) is 15.3. The Morgan fingerprint density at radius 1 is 0.577 bits per heavy atom. The number of carboxylic acid groups (broad SMARTS) is 3. The minimum absolute atomic E-state index is 0.0798. The van der Waals surface area contributed by atoms with Crippen molar-refractivity contribution in [1.82, 2.24) is 19.6 Å². The number of hydrogen-bond donors (Lipinski definition) is 3. The maximum atomic E-state index is 11.1. The van der Waals surface area contributed by atoms with Gasteiger partial charge >= 0.3 is 17.9 Å². The van der Waals surface area contributed by atoms with Crippen LogP contribution in [-0.2, 0) is 14.4 Å². The largest absolute Gasteiger partial charge is 0.480 e. The molecule has 10 nitrogen and oxygen atoms in total. The van der Waals surface area contributed by atoms with Crippen LogP contribution in [0, 0.1) is 0 Å². The Hall–Kier alpha value is -1.75. The highest BCUT2D eigenvalue weighted by Gasteiger charge is 2.19. The van der Waals surface area contributed by atoms with Crippen molar-refractivity contribution in [3.8, 4) is 0 Å². The SMILES string of the molecule is CCN1CCN(CC(=O)O)CCN(CC(=O)O)CCN(CC(=O)O)CC1. The molecule has 0 aromatic rings. The van der Waals surface area contributed by atoms with Gasteiger partial charge in [0.15, 0.2) is 0 Å². The lowest BCUT2D eigenvalue weighted by atomic mass is 10.3. The number of rotatable bonds is 7. The normalized spacial score (nSPS) is 20.2. The van der Waals surface area contributed by atoms with Gasteiger partial charge in [-0.3, -0.25) is 29.1 Å². The van der Waals surface area contributed by atoms with Gasteiger partial charge in [-0.2, -0.15) is 0 Å². The zero-order chi connectivity index (χ0) is 19.5. The number of aliphatic carboxylic acids is 3. The highest BCUT2D eigenvalue weighted by molar-refractivity contribution is 5.69. The summed E-state index contributed by atoms with van der Waals surface area (Å²) in [5, 5.41) is 27.2. The smallest absolute Gasteiger partial charge is 0.317 e. The van der Waals surface area contributed by atoms with Gasteiger partial charge in [0.2, 0.25) is 0 Å². The Morgan fingerprint density at radius 3 is 1.00 bits per heavy atom. The van der Waals surface area contributed by atoms with E-state index >= 15 is 0 Å². The van der Waals surface area contributed by atoms with Crippen LogP contribution in [0.4, 0.5) is 0 Å². The fourth-order valence-electron chi connectivity index (χ4n) is 2.94. The maximum Gasteiger partial charge on any atom is 0.317 e. The van der Waals surface area contributed by atoms with Gasteiger partial charge in [0.25, 0.3) is 0 Å². The van der Waals surface area contributed by atoms with Crippen molar-refractivity contribution in [3.63, 3.8) is 0 Å². The van der Waals surface area contributed by atoms with E-state index in [-0.39, 0.29) is 19.6 Å². The number of hydrogen-bond acceptors (Lipinski definition) is 7. The highest BCUT2D eigenvalue weighted by Crippen LogP contribution is 2.01. The zero-order valence-corrected chi connectivity index (χ0v) is 15.3. The van der Waals surface area contributed by atoms with Crippen molar-refractivity contribution in [3.05, 3.63) is 0 Å². The Balaban J connectivity index is 2.82. The van der Waals surface area contributed by atoms with Crippen LogP contribution in [0.1, 0.15) is 6.92 Å². The number of carboxylic acids is 3. The van der Waals surface area contributed by atoms with E-state index in [1.807, 2.05) is 16.7 Å². The topological polar surface area (TPSA) is 125 Å². The molecular weight excluding hydrogens is 344 g/mol. The molecule has 1 saturated heterocycles. The molecule has 0 unspecified atom stereocenters. The number of carbonyl (C=O) groups is 3. The molecular formula is C16H30N4O6. The van der Waals surface area contributed by atoms with Crippen LogP contribution < -0.4 is 0 Å². The first-order valence-electron chi connectivity index (χ1n) is 8.85. The molecule has 1 fully saturated rings. The average Bonchev–Trinajstić information content (AvgIpc) is 2.53. The summed E-state index contributed by atoms with van der Waals surface area (Å²) in [5.41, 5.74) is 0. The Bertz CT molecular complexity index is 444. The number of nitrogens with zero attached hydrogens (tertiary/aromatic N) is 4. The third-order valence-corrected chi connectivity index (χ3v) is 4.45. The van der Waals surface area contributed by atoms with E-state index in [0.29, 0.717) is 52.4 Å². The van der Waals surface area contributed by atoms with Crippen molar-refractivity contribution in [2.45, 2.75) is 6.92 Å². The van der Waals surface area contributed by atoms with Crippen molar-refractivity contribution in [1.29, 1.82) is 0 Å². The summed E-state index contributed by atoms with van der Waals surface area (Å²) in [7, 11) is 0. The summed E-state index contributed by atoms with van der Waals surface area (Å²) in [6, 6.07) is 0. The van der Waals surface area contributed by atoms with Crippen LogP contribution in [-0.4, -0.2) is 131 Å². The van der Waals surface area contributed by atoms with Gasteiger partial charge in [-0.05, 0) is 6.54 Å². The molecule has 150 valence electrons. The predicted octanol–water partition coefficient (Wildman–Crippen LogP) is -1.52. The Morgan fingerprint density at radius 2 is 0.808 bits per heavy atom. The van der Waals surface area contributed by atoms with Crippen molar-refractivity contribution < 1.29 is 29.7 Å². The van der Waals surface area contributed by atoms with Gasteiger partial charge in [-0.15, -0.1) is 0 Å². The van der Waals surface area contributed by atoms with E-state index in [9.17, 15) is 14.4 Å². The van der Waals surface area contributed by atoms with Gasteiger partial charge in [0, 0.05) is 52.4 Å². The summed E-state index contributed by atoms with van der Waals surface area (Å²) < 4.78 is 0. The van der Waals surface area contributed by atoms with E-state index in [2.05, 4.69) is 4.90 Å². The average molecular weight is 374 g/mol. The molecule has 0 saturated carbocycles. The molecule has 10 heteroatoms. The van der Waals surface area contributed by atoms with Crippen molar-refractivity contribution in [2.24, 2.45) is 0 Å². The van der Waals surface area contributed by atoms with Gasteiger partial charge in [0.1, 0.15) is 0 Å².